The number of carbonyl (C=O) groups excluding carboxylic acids is 3. The summed E-state index contributed by atoms with van der Waals surface area (Å²) in [7, 11) is 0. The van der Waals surface area contributed by atoms with E-state index >= 15 is 0 Å². The summed E-state index contributed by atoms with van der Waals surface area (Å²) in [4.78, 5) is 51.1. The van der Waals surface area contributed by atoms with Crippen LogP contribution in [0.5, 0.6) is 0 Å². The maximum atomic E-state index is 13.5. The molecule has 2 aliphatic heterocycles. The predicted octanol–water partition coefficient (Wildman–Crippen LogP) is 3.10. The number of nitro groups is 1. The van der Waals surface area contributed by atoms with Gasteiger partial charge in [0, 0.05) is 30.2 Å². The number of piperidine rings is 2. The van der Waals surface area contributed by atoms with E-state index in [0.717, 1.165) is 0 Å². The fraction of sp³-hybridized carbons (Fsp3) is 0.480. The SMILES string of the molecule is CCOC(=O)N1CCC(NC(=O)C2(NC(=O)c3ccc(-c4ccc(Cl)cc4[N+](=O)[O-])o3)CCNCC2)CC1. The van der Waals surface area contributed by atoms with Crippen molar-refractivity contribution < 1.29 is 28.5 Å². The second-order valence-corrected chi connectivity index (χ2v) is 9.74. The first-order chi connectivity index (χ1) is 18.2. The van der Waals surface area contributed by atoms with Crippen LogP contribution in [0.15, 0.2) is 34.7 Å². The minimum Gasteiger partial charge on any atom is -0.451 e. The molecule has 2 fully saturated rings. The third kappa shape index (κ3) is 6.08. The number of hydrogen-bond donors (Lipinski definition) is 3. The van der Waals surface area contributed by atoms with Crippen LogP contribution in [-0.4, -0.2) is 72.1 Å². The highest BCUT2D eigenvalue weighted by molar-refractivity contribution is 6.30. The maximum Gasteiger partial charge on any atom is 0.409 e. The molecule has 2 saturated heterocycles. The van der Waals surface area contributed by atoms with E-state index in [9.17, 15) is 24.5 Å². The van der Waals surface area contributed by atoms with Crippen LogP contribution < -0.4 is 16.0 Å². The zero-order valence-corrected chi connectivity index (χ0v) is 21.7. The van der Waals surface area contributed by atoms with Crippen molar-refractivity contribution in [3.05, 3.63) is 51.2 Å². The molecule has 0 saturated carbocycles. The number of furan rings is 1. The predicted molar refractivity (Wildman–Crippen MR) is 138 cm³/mol. The van der Waals surface area contributed by atoms with Crippen molar-refractivity contribution in [1.82, 2.24) is 20.9 Å². The summed E-state index contributed by atoms with van der Waals surface area (Å²) in [6, 6.07) is 6.91. The Kier molecular flexibility index (Phi) is 8.52. The van der Waals surface area contributed by atoms with Crippen LogP contribution in [-0.2, 0) is 9.53 Å². The van der Waals surface area contributed by atoms with E-state index in [2.05, 4.69) is 16.0 Å². The molecule has 3 N–H and O–H groups in total. The van der Waals surface area contributed by atoms with Gasteiger partial charge in [0.05, 0.1) is 17.1 Å². The molecule has 2 aliphatic rings. The zero-order chi connectivity index (χ0) is 27.3. The number of carbonyl (C=O) groups is 3. The molecular weight excluding hydrogens is 518 g/mol. The Labute approximate surface area is 224 Å². The van der Waals surface area contributed by atoms with Gasteiger partial charge in [-0.05, 0) is 70.0 Å². The second-order valence-electron chi connectivity index (χ2n) is 9.30. The van der Waals surface area contributed by atoms with Crippen molar-refractivity contribution >= 4 is 35.2 Å². The van der Waals surface area contributed by atoms with Gasteiger partial charge in [-0.15, -0.1) is 0 Å². The summed E-state index contributed by atoms with van der Waals surface area (Å²) >= 11 is 5.90. The zero-order valence-electron chi connectivity index (χ0n) is 21.0. The topological polar surface area (TPSA) is 156 Å². The molecule has 204 valence electrons. The molecule has 13 heteroatoms. The lowest BCUT2D eigenvalue weighted by Crippen LogP contribution is -2.64. The van der Waals surface area contributed by atoms with Crippen LogP contribution in [0.25, 0.3) is 11.3 Å². The van der Waals surface area contributed by atoms with Crippen molar-refractivity contribution in [3.63, 3.8) is 0 Å². The van der Waals surface area contributed by atoms with Crippen LogP contribution >= 0.6 is 11.6 Å². The number of nitro benzene ring substituents is 1. The Hall–Kier alpha value is -3.64. The van der Waals surface area contributed by atoms with E-state index in [1.165, 1.54) is 30.3 Å². The summed E-state index contributed by atoms with van der Waals surface area (Å²) in [6.45, 7) is 4.07. The van der Waals surface area contributed by atoms with Crippen LogP contribution in [0.1, 0.15) is 43.2 Å². The van der Waals surface area contributed by atoms with Crippen LogP contribution in [0.4, 0.5) is 10.5 Å². The lowest BCUT2D eigenvalue weighted by Gasteiger charge is -2.39. The molecule has 0 unspecified atom stereocenters. The average molecular weight is 548 g/mol. The highest BCUT2D eigenvalue weighted by atomic mass is 35.5. The Morgan fingerprint density at radius 2 is 1.92 bits per heavy atom. The molecule has 2 aromatic rings. The number of halogens is 1. The number of nitrogens with zero attached hydrogens (tertiary/aromatic N) is 2. The standard InChI is InChI=1S/C25H30ClN5O7/c1-2-37-24(34)30-13-7-17(8-14-30)28-23(33)25(9-11-27-12-10-25)29-22(32)21-6-5-20(38-21)18-4-3-16(26)15-19(18)31(35)36/h3-6,15,17,27H,2,7-14H2,1H3,(H,28,33)(H,29,32). The van der Waals surface area contributed by atoms with Crippen molar-refractivity contribution in [2.45, 2.75) is 44.2 Å². The number of likely N-dealkylation sites (tertiary alicyclic amines) is 1. The number of rotatable bonds is 7. The van der Waals surface area contributed by atoms with Crippen LogP contribution in [0.3, 0.4) is 0 Å². The van der Waals surface area contributed by atoms with E-state index in [4.69, 9.17) is 20.8 Å². The van der Waals surface area contributed by atoms with Gasteiger partial charge in [0.25, 0.3) is 11.6 Å². The summed E-state index contributed by atoms with van der Waals surface area (Å²) in [5, 5.41) is 20.8. The number of ether oxygens (including phenoxy) is 1. The molecule has 0 aliphatic carbocycles. The fourth-order valence-corrected chi connectivity index (χ4v) is 4.92. The third-order valence-electron chi connectivity index (χ3n) is 6.85. The molecule has 3 amide bonds. The molecule has 0 bridgehead atoms. The number of hydrogen-bond acceptors (Lipinski definition) is 8. The molecule has 0 atom stereocenters. The van der Waals surface area contributed by atoms with Crippen LogP contribution in [0, 0.1) is 10.1 Å². The summed E-state index contributed by atoms with van der Waals surface area (Å²) in [5.74, 6) is -0.822. The van der Waals surface area contributed by atoms with E-state index in [0.29, 0.717) is 58.5 Å². The first-order valence-corrected chi connectivity index (χ1v) is 12.9. The summed E-state index contributed by atoms with van der Waals surface area (Å²) < 4.78 is 10.7. The lowest BCUT2D eigenvalue weighted by molar-refractivity contribution is -0.384. The van der Waals surface area contributed by atoms with Crippen molar-refractivity contribution in [2.75, 3.05) is 32.8 Å². The largest absolute Gasteiger partial charge is 0.451 e. The highest BCUT2D eigenvalue weighted by Crippen LogP contribution is 2.33. The smallest absolute Gasteiger partial charge is 0.409 e. The third-order valence-corrected chi connectivity index (χ3v) is 7.09. The van der Waals surface area contributed by atoms with Crippen LogP contribution in [0.2, 0.25) is 5.02 Å². The van der Waals surface area contributed by atoms with E-state index in [1.807, 2.05) is 0 Å². The minimum atomic E-state index is -1.15. The fourth-order valence-electron chi connectivity index (χ4n) is 4.75. The molecule has 38 heavy (non-hydrogen) atoms. The lowest BCUT2D eigenvalue weighted by atomic mass is 9.86. The van der Waals surface area contributed by atoms with E-state index in [-0.39, 0.29) is 45.8 Å². The molecule has 1 aromatic heterocycles. The van der Waals surface area contributed by atoms with Gasteiger partial charge in [0.15, 0.2) is 5.76 Å². The van der Waals surface area contributed by atoms with Gasteiger partial charge in [0.1, 0.15) is 11.3 Å². The van der Waals surface area contributed by atoms with Gasteiger partial charge in [-0.25, -0.2) is 4.79 Å². The van der Waals surface area contributed by atoms with Crippen molar-refractivity contribution in [1.29, 1.82) is 0 Å². The number of nitrogens with one attached hydrogen (secondary N) is 3. The van der Waals surface area contributed by atoms with E-state index in [1.54, 1.807) is 11.8 Å². The molecule has 0 spiro atoms. The van der Waals surface area contributed by atoms with Gasteiger partial charge in [-0.2, -0.15) is 0 Å². The van der Waals surface area contributed by atoms with Crippen molar-refractivity contribution in [2.24, 2.45) is 0 Å². The van der Waals surface area contributed by atoms with Gasteiger partial charge in [-0.1, -0.05) is 11.6 Å². The Bertz CT molecular complexity index is 1200. The molecule has 4 rings (SSSR count). The molecule has 0 radical (unpaired) electrons. The molecular formula is C25H30ClN5O7. The quantitative estimate of drug-likeness (QED) is 0.352. The van der Waals surface area contributed by atoms with Gasteiger partial charge in [-0.3, -0.25) is 19.7 Å². The normalized spacial score (nSPS) is 17.5. The number of amides is 3. The monoisotopic (exact) mass is 547 g/mol. The average Bonchev–Trinajstić information content (AvgIpc) is 3.40. The van der Waals surface area contributed by atoms with Gasteiger partial charge < -0.3 is 30.0 Å². The first kappa shape index (κ1) is 27.4. The summed E-state index contributed by atoms with van der Waals surface area (Å²) in [6.07, 6.45) is 1.55. The molecule has 1 aromatic carbocycles. The Morgan fingerprint density at radius 3 is 2.58 bits per heavy atom. The summed E-state index contributed by atoms with van der Waals surface area (Å²) in [5.41, 5.74) is -1.22. The van der Waals surface area contributed by atoms with E-state index < -0.39 is 16.4 Å². The Balaban J connectivity index is 1.45. The number of benzene rings is 1. The van der Waals surface area contributed by atoms with Crippen molar-refractivity contribution in [3.8, 4) is 11.3 Å². The maximum absolute atomic E-state index is 13.5. The highest BCUT2D eigenvalue weighted by Gasteiger charge is 2.42. The molecule has 12 nitrogen and oxygen atoms in total. The molecule has 3 heterocycles. The van der Waals surface area contributed by atoms with Gasteiger partial charge in [0.2, 0.25) is 5.91 Å². The minimum absolute atomic E-state index is 0.0716. The van der Waals surface area contributed by atoms with Gasteiger partial charge >= 0.3 is 6.09 Å². The first-order valence-electron chi connectivity index (χ1n) is 12.5. The Morgan fingerprint density at radius 1 is 1.21 bits per heavy atom. The second kappa shape index (κ2) is 11.8.